The molecule has 0 saturated carbocycles. The zero-order valence-electron chi connectivity index (χ0n) is 12.4. The molecule has 0 aliphatic carbocycles. The highest BCUT2D eigenvalue weighted by molar-refractivity contribution is 7.92. The molecule has 5 nitrogen and oxygen atoms in total. The lowest BCUT2D eigenvalue weighted by molar-refractivity contribution is 0.392. The Labute approximate surface area is 128 Å². The topological polar surface area (TPSA) is 64.6 Å². The summed E-state index contributed by atoms with van der Waals surface area (Å²) in [5.41, 5.74) is 0.565. The molecule has 0 unspecified atom stereocenters. The second kappa shape index (κ2) is 6.23. The fourth-order valence-electron chi connectivity index (χ4n) is 1.86. The van der Waals surface area contributed by atoms with Crippen LogP contribution in [0.25, 0.3) is 0 Å². The number of sulfonamides is 1. The van der Waals surface area contributed by atoms with Crippen molar-refractivity contribution < 1.29 is 22.3 Å². The molecule has 7 heteroatoms. The zero-order chi connectivity index (χ0) is 16.3. The predicted octanol–water partition coefficient (Wildman–Crippen LogP) is 2.95. The average Bonchev–Trinajstić information content (AvgIpc) is 2.50. The molecule has 0 aliphatic rings. The minimum atomic E-state index is -3.94. The summed E-state index contributed by atoms with van der Waals surface area (Å²) in [7, 11) is -1.14. The normalized spacial score (nSPS) is 11.1. The van der Waals surface area contributed by atoms with Crippen molar-refractivity contribution in [2.45, 2.75) is 11.8 Å². The van der Waals surface area contributed by atoms with Crippen molar-refractivity contribution in [2.75, 3.05) is 18.9 Å². The SMILES string of the molecule is COc1ccc(OC)c(S(=O)(=O)Nc2ccc(C)c(F)c2)c1. The van der Waals surface area contributed by atoms with Gasteiger partial charge in [0.15, 0.2) is 0 Å². The summed E-state index contributed by atoms with van der Waals surface area (Å²) in [5, 5.41) is 0. The molecular formula is C15H16FNO4S. The van der Waals surface area contributed by atoms with Gasteiger partial charge in [-0.15, -0.1) is 0 Å². The van der Waals surface area contributed by atoms with Crippen LogP contribution in [0.15, 0.2) is 41.3 Å². The van der Waals surface area contributed by atoms with Crippen molar-refractivity contribution >= 4 is 15.7 Å². The Hall–Kier alpha value is -2.28. The molecule has 2 rings (SSSR count). The van der Waals surface area contributed by atoms with Gasteiger partial charge >= 0.3 is 0 Å². The number of aryl methyl sites for hydroxylation is 1. The fraction of sp³-hybridized carbons (Fsp3) is 0.200. The Morgan fingerprint density at radius 2 is 1.77 bits per heavy atom. The van der Waals surface area contributed by atoms with Crippen molar-refractivity contribution in [1.29, 1.82) is 0 Å². The van der Waals surface area contributed by atoms with Gasteiger partial charge in [-0.05, 0) is 36.8 Å². The molecule has 2 aromatic carbocycles. The second-order valence-corrected chi connectivity index (χ2v) is 6.24. The van der Waals surface area contributed by atoms with Crippen molar-refractivity contribution in [1.82, 2.24) is 0 Å². The van der Waals surface area contributed by atoms with E-state index in [2.05, 4.69) is 4.72 Å². The van der Waals surface area contributed by atoms with E-state index in [1.807, 2.05) is 0 Å². The first-order valence-electron chi connectivity index (χ1n) is 6.38. The Morgan fingerprint density at radius 1 is 1.05 bits per heavy atom. The van der Waals surface area contributed by atoms with Crippen LogP contribution in [0.5, 0.6) is 11.5 Å². The highest BCUT2D eigenvalue weighted by atomic mass is 32.2. The van der Waals surface area contributed by atoms with Crippen LogP contribution in [0.4, 0.5) is 10.1 Å². The van der Waals surface area contributed by atoms with Crippen LogP contribution in [-0.4, -0.2) is 22.6 Å². The molecule has 0 bridgehead atoms. The quantitative estimate of drug-likeness (QED) is 0.918. The highest BCUT2D eigenvalue weighted by Gasteiger charge is 2.21. The van der Waals surface area contributed by atoms with Crippen LogP contribution in [0.2, 0.25) is 0 Å². The molecule has 1 N–H and O–H groups in total. The molecule has 0 aliphatic heterocycles. The summed E-state index contributed by atoms with van der Waals surface area (Å²) in [5.74, 6) is 0.0509. The van der Waals surface area contributed by atoms with Crippen molar-refractivity contribution in [3.05, 3.63) is 47.8 Å². The van der Waals surface area contributed by atoms with Crippen LogP contribution >= 0.6 is 0 Å². The molecule has 0 amide bonds. The number of hydrogen-bond acceptors (Lipinski definition) is 4. The van der Waals surface area contributed by atoms with E-state index >= 15 is 0 Å². The number of halogens is 1. The standard InChI is InChI=1S/C15H16FNO4S/c1-10-4-5-11(8-13(10)16)17-22(18,19)15-9-12(20-2)6-7-14(15)21-3/h4-9,17H,1-3H3. The Kier molecular flexibility index (Phi) is 4.56. The van der Waals surface area contributed by atoms with Crippen molar-refractivity contribution in [2.24, 2.45) is 0 Å². The van der Waals surface area contributed by atoms with Crippen molar-refractivity contribution in [3.8, 4) is 11.5 Å². The van der Waals surface area contributed by atoms with Gasteiger partial charge < -0.3 is 9.47 Å². The van der Waals surface area contributed by atoms with Crippen LogP contribution in [0.1, 0.15) is 5.56 Å². The third kappa shape index (κ3) is 3.30. The van der Waals surface area contributed by atoms with E-state index in [0.29, 0.717) is 11.3 Å². The van der Waals surface area contributed by atoms with E-state index < -0.39 is 15.8 Å². The molecular weight excluding hydrogens is 309 g/mol. The van der Waals surface area contributed by atoms with Gasteiger partial charge in [-0.2, -0.15) is 0 Å². The van der Waals surface area contributed by atoms with Crippen LogP contribution in [0, 0.1) is 12.7 Å². The van der Waals surface area contributed by atoms with Crippen LogP contribution < -0.4 is 14.2 Å². The number of anilines is 1. The lowest BCUT2D eigenvalue weighted by atomic mass is 10.2. The molecule has 0 heterocycles. The third-order valence-electron chi connectivity index (χ3n) is 3.08. The average molecular weight is 325 g/mol. The summed E-state index contributed by atoms with van der Waals surface area (Å²) >= 11 is 0. The maximum atomic E-state index is 13.5. The minimum Gasteiger partial charge on any atom is -0.497 e. The summed E-state index contributed by atoms with van der Waals surface area (Å²) < 4.78 is 50.9. The minimum absolute atomic E-state index is 0.0877. The molecule has 0 fully saturated rings. The van der Waals surface area contributed by atoms with Gasteiger partial charge in [-0.25, -0.2) is 12.8 Å². The molecule has 0 saturated heterocycles. The fourth-order valence-corrected chi connectivity index (χ4v) is 3.10. The van der Waals surface area contributed by atoms with Crippen molar-refractivity contribution in [3.63, 3.8) is 0 Å². The van der Waals surface area contributed by atoms with Gasteiger partial charge in [0.1, 0.15) is 22.2 Å². The molecule has 2 aromatic rings. The molecule has 22 heavy (non-hydrogen) atoms. The first kappa shape index (κ1) is 16.1. The van der Waals surface area contributed by atoms with E-state index in [4.69, 9.17) is 9.47 Å². The summed E-state index contributed by atoms with van der Waals surface area (Å²) in [6.45, 7) is 1.60. The summed E-state index contributed by atoms with van der Waals surface area (Å²) in [4.78, 5) is -0.0877. The van der Waals surface area contributed by atoms with Gasteiger partial charge in [0.2, 0.25) is 0 Å². The number of nitrogens with one attached hydrogen (secondary N) is 1. The van der Waals surface area contributed by atoms with Gasteiger partial charge in [-0.1, -0.05) is 6.07 Å². The Morgan fingerprint density at radius 3 is 2.36 bits per heavy atom. The number of methoxy groups -OCH3 is 2. The van der Waals surface area contributed by atoms with Crippen LogP contribution in [0.3, 0.4) is 0 Å². The molecule has 0 aromatic heterocycles. The predicted molar refractivity (Wildman–Crippen MR) is 81.5 cm³/mol. The van der Waals surface area contributed by atoms with E-state index in [1.165, 1.54) is 38.5 Å². The highest BCUT2D eigenvalue weighted by Crippen LogP contribution is 2.29. The number of rotatable bonds is 5. The van der Waals surface area contributed by atoms with Gasteiger partial charge in [0, 0.05) is 6.07 Å². The second-order valence-electron chi connectivity index (χ2n) is 4.59. The molecule has 0 spiro atoms. The lowest BCUT2D eigenvalue weighted by Crippen LogP contribution is -2.14. The third-order valence-corrected chi connectivity index (χ3v) is 4.49. The van der Waals surface area contributed by atoms with E-state index in [-0.39, 0.29) is 16.3 Å². The first-order valence-corrected chi connectivity index (χ1v) is 7.86. The molecule has 0 radical (unpaired) electrons. The van der Waals surface area contributed by atoms with E-state index in [1.54, 1.807) is 13.0 Å². The monoisotopic (exact) mass is 325 g/mol. The molecule has 0 atom stereocenters. The lowest BCUT2D eigenvalue weighted by Gasteiger charge is -2.13. The van der Waals surface area contributed by atoms with E-state index in [9.17, 15) is 12.8 Å². The smallest absolute Gasteiger partial charge is 0.265 e. The zero-order valence-corrected chi connectivity index (χ0v) is 13.2. The largest absolute Gasteiger partial charge is 0.497 e. The van der Waals surface area contributed by atoms with Gasteiger partial charge in [0.05, 0.1) is 19.9 Å². The molecule has 118 valence electrons. The summed E-state index contributed by atoms with van der Waals surface area (Å²) in [6.07, 6.45) is 0. The number of hydrogen-bond donors (Lipinski definition) is 1. The van der Waals surface area contributed by atoms with Gasteiger partial charge in [-0.3, -0.25) is 4.72 Å². The maximum absolute atomic E-state index is 13.5. The first-order chi connectivity index (χ1) is 10.4. The number of benzene rings is 2. The van der Waals surface area contributed by atoms with E-state index in [0.717, 1.165) is 6.07 Å². The Balaban J connectivity index is 2.43. The summed E-state index contributed by atoms with van der Waals surface area (Å²) in [6, 6.07) is 8.52. The number of ether oxygens (including phenoxy) is 2. The Bertz CT molecular complexity index is 790. The van der Waals surface area contributed by atoms with Crippen LogP contribution in [-0.2, 0) is 10.0 Å². The van der Waals surface area contributed by atoms with Gasteiger partial charge in [0.25, 0.3) is 10.0 Å². The maximum Gasteiger partial charge on any atom is 0.265 e.